The molecular weight excluding hydrogens is 390 g/mol. The Labute approximate surface area is 181 Å². The molecule has 31 heavy (non-hydrogen) atoms. The number of fused-ring (bicyclic) bond motifs is 1. The lowest BCUT2D eigenvalue weighted by molar-refractivity contribution is -0.142. The molecule has 0 radical (unpaired) electrons. The third-order valence-electron chi connectivity index (χ3n) is 6.43. The molecule has 2 bridgehead atoms. The number of carbonyl (C=O) groups is 2. The normalized spacial score (nSPS) is 28.5. The van der Waals surface area contributed by atoms with Gasteiger partial charge in [-0.05, 0) is 17.2 Å². The minimum Gasteiger partial charge on any atom is -0.360 e. The molecule has 1 spiro atoms. The van der Waals surface area contributed by atoms with Crippen LogP contribution in [0.2, 0.25) is 0 Å². The fraction of sp³-hybridized carbons (Fsp3) is 0.320. The van der Waals surface area contributed by atoms with E-state index in [1.807, 2.05) is 66.8 Å². The highest BCUT2D eigenvalue weighted by molar-refractivity contribution is 5.93. The first kappa shape index (κ1) is 19.7. The molecule has 0 saturated carbocycles. The van der Waals surface area contributed by atoms with E-state index in [0.29, 0.717) is 19.6 Å². The van der Waals surface area contributed by atoms with Gasteiger partial charge in [0.05, 0.1) is 24.5 Å². The first-order valence-electron chi connectivity index (χ1n) is 10.6. The Hall–Kier alpha value is -3.25. The average molecular weight is 415 g/mol. The van der Waals surface area contributed by atoms with Gasteiger partial charge in [-0.15, -0.1) is 0 Å². The number of amides is 2. The summed E-state index contributed by atoms with van der Waals surface area (Å²) in [4.78, 5) is 34.3. The minimum atomic E-state index is -0.689. The van der Waals surface area contributed by atoms with E-state index in [4.69, 9.17) is 4.74 Å². The first-order chi connectivity index (χ1) is 15.1. The highest BCUT2D eigenvalue weighted by atomic mass is 16.5. The summed E-state index contributed by atoms with van der Waals surface area (Å²) in [5.74, 6) is -1.00. The summed E-state index contributed by atoms with van der Waals surface area (Å²) in [5, 5.41) is 0. The number of rotatable bonds is 6. The topological polar surface area (TPSA) is 62.7 Å². The Morgan fingerprint density at radius 2 is 2.13 bits per heavy atom. The van der Waals surface area contributed by atoms with Crippen molar-refractivity contribution in [1.29, 1.82) is 0 Å². The van der Waals surface area contributed by atoms with Crippen molar-refractivity contribution in [2.24, 2.45) is 11.8 Å². The molecule has 6 nitrogen and oxygen atoms in total. The fourth-order valence-electron chi connectivity index (χ4n) is 4.96. The SMILES string of the molecule is CN(C/C=C/c1ccccc1)C(=O)[C@@H]1[C@@H]2C=C[C@@]3(CN(Cc4cccnc4)C(=O)[C@@H]13)O2. The van der Waals surface area contributed by atoms with Crippen LogP contribution in [0.1, 0.15) is 11.1 Å². The number of carbonyl (C=O) groups excluding carboxylic acids is 2. The number of ether oxygens (including phenoxy) is 1. The van der Waals surface area contributed by atoms with Crippen molar-refractivity contribution in [3.63, 3.8) is 0 Å². The Balaban J connectivity index is 1.30. The number of likely N-dealkylation sites (N-methyl/N-ethyl adjacent to an activating group) is 1. The summed E-state index contributed by atoms with van der Waals surface area (Å²) in [7, 11) is 1.78. The first-order valence-corrected chi connectivity index (χ1v) is 10.6. The van der Waals surface area contributed by atoms with Crippen LogP contribution in [0.5, 0.6) is 0 Å². The van der Waals surface area contributed by atoms with Gasteiger partial charge >= 0.3 is 0 Å². The molecule has 0 unspecified atom stereocenters. The van der Waals surface area contributed by atoms with Crippen LogP contribution >= 0.6 is 0 Å². The number of hydrogen-bond donors (Lipinski definition) is 0. The zero-order valence-corrected chi connectivity index (χ0v) is 17.4. The molecule has 158 valence electrons. The minimum absolute atomic E-state index is 0.0118. The Morgan fingerprint density at radius 1 is 1.29 bits per heavy atom. The van der Waals surface area contributed by atoms with Crippen LogP contribution in [0, 0.1) is 11.8 Å². The van der Waals surface area contributed by atoms with Crippen molar-refractivity contribution < 1.29 is 14.3 Å². The lowest BCUT2D eigenvalue weighted by atomic mass is 9.76. The summed E-state index contributed by atoms with van der Waals surface area (Å²) < 4.78 is 6.23. The maximum absolute atomic E-state index is 13.3. The second kappa shape index (κ2) is 7.78. The maximum Gasteiger partial charge on any atom is 0.230 e. The summed E-state index contributed by atoms with van der Waals surface area (Å²) in [5.41, 5.74) is 1.37. The van der Waals surface area contributed by atoms with Gasteiger partial charge in [-0.25, -0.2) is 0 Å². The molecule has 0 N–H and O–H groups in total. The predicted octanol–water partition coefficient (Wildman–Crippen LogP) is 2.54. The van der Waals surface area contributed by atoms with Gasteiger partial charge in [0, 0.05) is 32.5 Å². The van der Waals surface area contributed by atoms with E-state index in [9.17, 15) is 9.59 Å². The van der Waals surface area contributed by atoms with Crippen LogP contribution in [0.25, 0.3) is 6.08 Å². The van der Waals surface area contributed by atoms with Crippen LogP contribution in [-0.2, 0) is 20.9 Å². The van der Waals surface area contributed by atoms with E-state index in [1.165, 1.54) is 0 Å². The number of benzene rings is 1. The molecule has 3 aliphatic rings. The lowest BCUT2D eigenvalue weighted by Gasteiger charge is -2.27. The third kappa shape index (κ3) is 3.47. The van der Waals surface area contributed by atoms with E-state index in [2.05, 4.69) is 4.98 Å². The van der Waals surface area contributed by atoms with E-state index in [-0.39, 0.29) is 17.9 Å². The van der Waals surface area contributed by atoms with Crippen LogP contribution in [0.15, 0.2) is 73.1 Å². The molecule has 3 aliphatic heterocycles. The van der Waals surface area contributed by atoms with Gasteiger partial charge in [-0.1, -0.05) is 60.7 Å². The van der Waals surface area contributed by atoms with Crippen LogP contribution in [-0.4, -0.2) is 58.4 Å². The number of likely N-dealkylation sites (tertiary alicyclic amines) is 1. The van der Waals surface area contributed by atoms with Gasteiger partial charge in [0.2, 0.25) is 11.8 Å². The van der Waals surface area contributed by atoms with Crippen LogP contribution in [0.3, 0.4) is 0 Å². The molecule has 2 amide bonds. The third-order valence-corrected chi connectivity index (χ3v) is 6.43. The molecule has 5 rings (SSSR count). The summed E-state index contributed by atoms with van der Waals surface area (Å²) in [6, 6.07) is 13.8. The smallest absolute Gasteiger partial charge is 0.230 e. The van der Waals surface area contributed by atoms with E-state index < -0.39 is 17.4 Å². The van der Waals surface area contributed by atoms with Crippen molar-refractivity contribution in [2.75, 3.05) is 20.1 Å². The second-order valence-electron chi connectivity index (χ2n) is 8.49. The van der Waals surface area contributed by atoms with Crippen molar-refractivity contribution in [2.45, 2.75) is 18.2 Å². The van der Waals surface area contributed by atoms with E-state index in [1.54, 1.807) is 29.2 Å². The number of pyridine rings is 1. The summed E-state index contributed by atoms with van der Waals surface area (Å²) >= 11 is 0. The number of hydrogen-bond acceptors (Lipinski definition) is 4. The molecule has 1 aromatic carbocycles. The zero-order chi connectivity index (χ0) is 21.4. The lowest BCUT2D eigenvalue weighted by Crippen LogP contribution is -2.44. The van der Waals surface area contributed by atoms with Crippen molar-refractivity contribution in [1.82, 2.24) is 14.8 Å². The molecule has 6 heteroatoms. The fourth-order valence-corrected chi connectivity index (χ4v) is 4.96. The summed E-state index contributed by atoms with van der Waals surface area (Å²) in [6.45, 7) is 1.43. The van der Waals surface area contributed by atoms with Crippen molar-refractivity contribution >= 4 is 17.9 Å². The quantitative estimate of drug-likeness (QED) is 0.681. The molecule has 1 aromatic heterocycles. The Bertz CT molecular complexity index is 1040. The molecule has 2 saturated heterocycles. The van der Waals surface area contributed by atoms with Crippen LogP contribution in [0.4, 0.5) is 0 Å². The van der Waals surface area contributed by atoms with Gasteiger partial charge in [0.15, 0.2) is 0 Å². The standard InChI is InChI=1S/C25H25N3O3/c1-27(14-6-10-18-7-3-2-4-8-18)23(29)21-20-11-12-25(31-20)17-28(24(30)22(21)25)16-19-9-5-13-26-15-19/h2-13,15,20-22H,14,16-17H2,1H3/b10-6+/t20-,21+,22+,25-/m0/s1. The Kier molecular flexibility index (Phi) is 4.94. The van der Waals surface area contributed by atoms with Gasteiger partial charge in [-0.3, -0.25) is 14.6 Å². The number of aromatic nitrogens is 1. The molecular formula is C25H25N3O3. The summed E-state index contributed by atoms with van der Waals surface area (Å²) in [6.07, 6.45) is 11.1. The van der Waals surface area contributed by atoms with Gasteiger partial charge < -0.3 is 14.5 Å². The second-order valence-corrected chi connectivity index (χ2v) is 8.49. The molecule has 2 fully saturated rings. The predicted molar refractivity (Wildman–Crippen MR) is 116 cm³/mol. The highest BCUT2D eigenvalue weighted by Crippen LogP contribution is 2.52. The molecule has 4 heterocycles. The van der Waals surface area contributed by atoms with Gasteiger partial charge in [0.25, 0.3) is 0 Å². The number of nitrogens with zero attached hydrogens (tertiary/aromatic N) is 3. The Morgan fingerprint density at radius 3 is 2.90 bits per heavy atom. The van der Waals surface area contributed by atoms with E-state index >= 15 is 0 Å². The van der Waals surface area contributed by atoms with E-state index in [0.717, 1.165) is 11.1 Å². The van der Waals surface area contributed by atoms with Crippen LogP contribution < -0.4 is 0 Å². The van der Waals surface area contributed by atoms with Gasteiger partial charge in [-0.2, -0.15) is 0 Å². The zero-order valence-electron chi connectivity index (χ0n) is 17.4. The highest BCUT2D eigenvalue weighted by Gasteiger charge is 2.67. The van der Waals surface area contributed by atoms with Gasteiger partial charge in [0.1, 0.15) is 5.60 Å². The largest absolute Gasteiger partial charge is 0.360 e. The average Bonchev–Trinajstić information content (AvgIpc) is 3.43. The van der Waals surface area contributed by atoms with Crippen molar-refractivity contribution in [3.05, 3.63) is 84.2 Å². The molecule has 0 aliphatic carbocycles. The molecule has 2 aromatic rings. The molecule has 4 atom stereocenters. The maximum atomic E-state index is 13.3. The van der Waals surface area contributed by atoms with Crippen molar-refractivity contribution in [3.8, 4) is 0 Å². The monoisotopic (exact) mass is 415 g/mol.